The second-order valence-corrected chi connectivity index (χ2v) is 6.51. The van der Waals surface area contributed by atoms with E-state index in [1.54, 1.807) is 0 Å². The van der Waals surface area contributed by atoms with Crippen LogP contribution < -0.4 is 0 Å². The van der Waals surface area contributed by atoms with E-state index in [0.717, 1.165) is 19.1 Å². The van der Waals surface area contributed by atoms with E-state index in [2.05, 4.69) is 20.8 Å². The molecular formula is C8H18O2Si. The normalized spacial score (nSPS) is 23.2. The minimum Gasteiger partial charge on any atom is -0.394 e. The maximum absolute atomic E-state index is 5.69. The summed E-state index contributed by atoms with van der Waals surface area (Å²) in [6.07, 6.45) is 0. The molecular weight excluding hydrogens is 156 g/mol. The summed E-state index contributed by atoms with van der Waals surface area (Å²) in [5.41, 5.74) is 0. The first-order valence-electron chi connectivity index (χ1n) is 4.50. The van der Waals surface area contributed by atoms with Gasteiger partial charge >= 0.3 is 8.56 Å². The molecule has 1 aliphatic heterocycles. The molecule has 1 aliphatic rings. The lowest BCUT2D eigenvalue weighted by molar-refractivity contribution is 0.154. The quantitative estimate of drug-likeness (QED) is 0.608. The van der Waals surface area contributed by atoms with Gasteiger partial charge in [0, 0.05) is 13.2 Å². The van der Waals surface area contributed by atoms with Gasteiger partial charge in [0.15, 0.2) is 0 Å². The first-order chi connectivity index (χ1) is 5.22. The van der Waals surface area contributed by atoms with Crippen LogP contribution in [0.3, 0.4) is 0 Å². The Bertz CT molecular complexity index is 106. The molecule has 0 atom stereocenters. The molecule has 1 saturated heterocycles. The second-order valence-electron chi connectivity index (χ2n) is 3.29. The van der Waals surface area contributed by atoms with Crippen molar-refractivity contribution in [2.24, 2.45) is 5.92 Å². The first-order valence-corrected chi connectivity index (χ1v) is 6.73. The molecule has 11 heavy (non-hydrogen) atoms. The van der Waals surface area contributed by atoms with Gasteiger partial charge in [-0.2, -0.15) is 0 Å². The standard InChI is InChI=1S/C8H18O2Si/c1-4-9-11(10-5-2)6-8(3)7-11/h8H,4-7H2,1-3H3. The number of rotatable bonds is 4. The molecule has 3 heteroatoms. The van der Waals surface area contributed by atoms with Crippen molar-refractivity contribution < 1.29 is 8.85 Å². The van der Waals surface area contributed by atoms with Crippen LogP contribution in [0.15, 0.2) is 0 Å². The Balaban J connectivity index is 2.33. The van der Waals surface area contributed by atoms with Crippen LogP contribution in [0.1, 0.15) is 20.8 Å². The van der Waals surface area contributed by atoms with Crippen molar-refractivity contribution in [2.75, 3.05) is 13.2 Å². The highest BCUT2D eigenvalue weighted by Gasteiger charge is 2.48. The Labute approximate surface area is 70.1 Å². The van der Waals surface area contributed by atoms with Crippen LogP contribution in [0.4, 0.5) is 0 Å². The van der Waals surface area contributed by atoms with Crippen molar-refractivity contribution in [3.8, 4) is 0 Å². The van der Waals surface area contributed by atoms with Gasteiger partial charge < -0.3 is 8.85 Å². The van der Waals surface area contributed by atoms with Crippen LogP contribution in [0.25, 0.3) is 0 Å². The van der Waals surface area contributed by atoms with E-state index >= 15 is 0 Å². The zero-order chi connectivity index (χ0) is 8.32. The number of hydrogen-bond acceptors (Lipinski definition) is 2. The van der Waals surface area contributed by atoms with Crippen LogP contribution in [0.5, 0.6) is 0 Å². The van der Waals surface area contributed by atoms with Gasteiger partial charge in [0.05, 0.1) is 0 Å². The van der Waals surface area contributed by atoms with Crippen molar-refractivity contribution in [3.63, 3.8) is 0 Å². The van der Waals surface area contributed by atoms with Crippen molar-refractivity contribution in [3.05, 3.63) is 0 Å². The second kappa shape index (κ2) is 3.69. The van der Waals surface area contributed by atoms with E-state index in [0.29, 0.717) is 0 Å². The monoisotopic (exact) mass is 174 g/mol. The largest absolute Gasteiger partial charge is 0.394 e. The van der Waals surface area contributed by atoms with Gasteiger partial charge in [-0.1, -0.05) is 6.92 Å². The third-order valence-electron chi connectivity index (χ3n) is 2.13. The maximum atomic E-state index is 5.69. The summed E-state index contributed by atoms with van der Waals surface area (Å²) < 4.78 is 11.4. The van der Waals surface area contributed by atoms with Crippen molar-refractivity contribution in [2.45, 2.75) is 32.9 Å². The highest BCUT2D eigenvalue weighted by molar-refractivity contribution is 6.70. The molecule has 0 N–H and O–H groups in total. The van der Waals surface area contributed by atoms with Gasteiger partial charge in [0.2, 0.25) is 0 Å². The van der Waals surface area contributed by atoms with Gasteiger partial charge in [-0.15, -0.1) is 0 Å². The average molecular weight is 174 g/mol. The molecule has 0 aromatic carbocycles. The van der Waals surface area contributed by atoms with E-state index in [9.17, 15) is 0 Å². The van der Waals surface area contributed by atoms with Crippen LogP contribution in [-0.4, -0.2) is 21.8 Å². The minimum absolute atomic E-state index is 0.818. The zero-order valence-electron chi connectivity index (χ0n) is 7.72. The van der Waals surface area contributed by atoms with Crippen molar-refractivity contribution >= 4 is 8.56 Å². The maximum Gasteiger partial charge on any atom is 0.338 e. The van der Waals surface area contributed by atoms with E-state index in [1.165, 1.54) is 12.1 Å². The molecule has 1 heterocycles. The van der Waals surface area contributed by atoms with E-state index in [4.69, 9.17) is 8.85 Å². The summed E-state index contributed by atoms with van der Waals surface area (Å²) in [6, 6.07) is 2.41. The van der Waals surface area contributed by atoms with Gasteiger partial charge in [0.25, 0.3) is 0 Å². The molecule has 0 amide bonds. The van der Waals surface area contributed by atoms with Crippen molar-refractivity contribution in [1.29, 1.82) is 0 Å². The number of hydrogen-bond donors (Lipinski definition) is 0. The Morgan fingerprint density at radius 1 is 1.18 bits per heavy atom. The summed E-state index contributed by atoms with van der Waals surface area (Å²) in [7, 11) is -1.61. The third kappa shape index (κ3) is 2.04. The Morgan fingerprint density at radius 3 is 1.91 bits per heavy atom. The Morgan fingerprint density at radius 2 is 1.64 bits per heavy atom. The smallest absolute Gasteiger partial charge is 0.338 e. The van der Waals surface area contributed by atoms with Gasteiger partial charge in [0.1, 0.15) is 0 Å². The molecule has 0 bridgehead atoms. The molecule has 0 aromatic heterocycles. The fourth-order valence-corrected chi connectivity index (χ4v) is 5.42. The zero-order valence-corrected chi connectivity index (χ0v) is 8.72. The average Bonchev–Trinajstić information content (AvgIpc) is 1.86. The molecule has 0 saturated carbocycles. The molecule has 0 aliphatic carbocycles. The molecule has 1 rings (SSSR count). The highest BCUT2D eigenvalue weighted by atomic mass is 28.4. The molecule has 0 unspecified atom stereocenters. The fourth-order valence-electron chi connectivity index (χ4n) is 1.81. The lowest BCUT2D eigenvalue weighted by atomic mass is 10.2. The fraction of sp³-hybridized carbons (Fsp3) is 1.00. The van der Waals surface area contributed by atoms with Crippen LogP contribution in [0.2, 0.25) is 12.1 Å². The minimum atomic E-state index is -1.61. The Hall–Kier alpha value is 0.137. The predicted octanol–water partition coefficient (Wildman–Crippen LogP) is 2.15. The predicted molar refractivity (Wildman–Crippen MR) is 47.8 cm³/mol. The summed E-state index contributed by atoms with van der Waals surface area (Å²) in [5.74, 6) is 0.833. The Kier molecular flexibility index (Phi) is 3.10. The lowest BCUT2D eigenvalue weighted by Gasteiger charge is -2.41. The van der Waals surface area contributed by atoms with E-state index in [-0.39, 0.29) is 0 Å². The molecule has 0 aromatic rings. The van der Waals surface area contributed by atoms with Crippen LogP contribution in [-0.2, 0) is 8.85 Å². The third-order valence-corrected chi connectivity index (χ3v) is 6.40. The summed E-state index contributed by atoms with van der Waals surface area (Å²) in [4.78, 5) is 0. The van der Waals surface area contributed by atoms with Gasteiger partial charge in [-0.05, 0) is 31.9 Å². The first kappa shape index (κ1) is 9.23. The lowest BCUT2D eigenvalue weighted by Crippen LogP contribution is -2.52. The van der Waals surface area contributed by atoms with E-state index < -0.39 is 8.56 Å². The summed E-state index contributed by atoms with van der Waals surface area (Å²) in [5, 5.41) is 0. The van der Waals surface area contributed by atoms with Crippen molar-refractivity contribution in [1.82, 2.24) is 0 Å². The van der Waals surface area contributed by atoms with Crippen LogP contribution >= 0.6 is 0 Å². The molecule has 66 valence electrons. The summed E-state index contributed by atoms with van der Waals surface area (Å²) in [6.45, 7) is 8.01. The van der Waals surface area contributed by atoms with Gasteiger partial charge in [-0.25, -0.2) is 0 Å². The molecule has 2 nitrogen and oxygen atoms in total. The topological polar surface area (TPSA) is 18.5 Å². The van der Waals surface area contributed by atoms with Gasteiger partial charge in [-0.3, -0.25) is 0 Å². The molecule has 1 fully saturated rings. The van der Waals surface area contributed by atoms with Crippen LogP contribution in [0, 0.1) is 5.92 Å². The molecule has 0 radical (unpaired) electrons. The van der Waals surface area contributed by atoms with E-state index in [1.807, 2.05) is 0 Å². The summed E-state index contributed by atoms with van der Waals surface area (Å²) >= 11 is 0. The SMILES string of the molecule is CCO[Si]1(OCC)CC(C)C1. The highest BCUT2D eigenvalue weighted by Crippen LogP contribution is 2.39. The molecule has 0 spiro atoms.